The summed E-state index contributed by atoms with van der Waals surface area (Å²) >= 11 is 0. The number of nitrogens with zero attached hydrogens (tertiary/aromatic N) is 4. The maximum absolute atomic E-state index is 3.43. The monoisotopic (exact) mass is 1220 g/mol. The van der Waals surface area contributed by atoms with Gasteiger partial charge in [0.2, 0.25) is 0 Å². The largest absolute Gasteiger partial charge is 0.294 e. The van der Waals surface area contributed by atoms with E-state index in [-0.39, 0.29) is 0 Å². The second-order valence-electron chi connectivity index (χ2n) is 36.9. The van der Waals surface area contributed by atoms with Crippen molar-refractivity contribution in [2.45, 2.75) is 471 Å². The summed E-state index contributed by atoms with van der Waals surface area (Å²) in [5, 5.41) is 0. The molecule has 15 aliphatic carbocycles. The van der Waals surface area contributed by atoms with E-state index in [1.165, 1.54) is 193 Å². The molecule has 15 fully saturated rings. The molecule has 4 nitrogen and oxygen atoms in total. The molecule has 0 heterocycles. The first-order chi connectivity index (χ1) is 44.2. The van der Waals surface area contributed by atoms with Gasteiger partial charge < -0.3 is 0 Å². The van der Waals surface area contributed by atoms with Gasteiger partial charge in [0.15, 0.2) is 0 Å². The predicted octanol–water partition coefficient (Wildman–Crippen LogP) is 23.2. The van der Waals surface area contributed by atoms with Gasteiger partial charge in [0.05, 0.1) is 0 Å². The van der Waals surface area contributed by atoms with Crippen LogP contribution in [-0.2, 0) is 0 Å². The van der Waals surface area contributed by atoms with Crippen LogP contribution in [0.4, 0.5) is 0 Å². The first-order valence-electron chi connectivity index (χ1n) is 43.2. The average molecular weight is 1220 g/mol. The van der Waals surface area contributed by atoms with E-state index in [0.29, 0.717) is 5.41 Å². The smallest absolute Gasteiger partial charge is 0.0101 e. The molecule has 0 aromatic heterocycles. The number of hydrogen-bond acceptors (Lipinski definition) is 4. The molecule has 0 radical (unpaired) electrons. The minimum atomic E-state index is 0.680. The van der Waals surface area contributed by atoms with Crippen LogP contribution in [-0.4, -0.2) is 92.1 Å². The van der Waals surface area contributed by atoms with Crippen LogP contribution in [0.2, 0.25) is 0 Å². The molecule has 0 aliphatic heterocycles. The van der Waals surface area contributed by atoms with E-state index in [2.05, 4.69) is 19.6 Å². The Kier molecular flexibility index (Phi) is 22.7. The molecule has 0 bridgehead atoms. The van der Waals surface area contributed by atoms with Gasteiger partial charge in [-0.15, -0.1) is 0 Å². The molecule has 0 aromatic carbocycles. The highest BCUT2D eigenvalue weighted by molar-refractivity contribution is 5.15. The van der Waals surface area contributed by atoms with E-state index in [1.54, 1.807) is 205 Å². The lowest BCUT2D eigenvalue weighted by Crippen LogP contribution is -2.56. The summed E-state index contributed by atoms with van der Waals surface area (Å²) in [4.78, 5) is 13.4. The Balaban J connectivity index is 0.596. The van der Waals surface area contributed by atoms with Gasteiger partial charge in [0.25, 0.3) is 0 Å². The van der Waals surface area contributed by atoms with Crippen LogP contribution >= 0.6 is 0 Å². The van der Waals surface area contributed by atoms with Crippen LogP contribution in [0.15, 0.2) is 0 Å². The van der Waals surface area contributed by atoms with Gasteiger partial charge in [-0.1, -0.05) is 141 Å². The van der Waals surface area contributed by atoms with Gasteiger partial charge in [-0.2, -0.15) is 0 Å². The highest BCUT2D eigenvalue weighted by Gasteiger charge is 2.66. The third kappa shape index (κ3) is 14.2. The summed E-state index contributed by atoms with van der Waals surface area (Å²) < 4.78 is 0. The van der Waals surface area contributed by atoms with E-state index in [1.807, 2.05) is 0 Å². The molecule has 0 amide bonds. The quantitative estimate of drug-likeness (QED) is 0.153. The van der Waals surface area contributed by atoms with Crippen molar-refractivity contribution in [3.05, 3.63) is 0 Å². The molecule has 89 heavy (non-hydrogen) atoms. The minimum absolute atomic E-state index is 0.680. The van der Waals surface area contributed by atoms with Crippen molar-refractivity contribution < 1.29 is 0 Å². The van der Waals surface area contributed by atoms with Gasteiger partial charge in [-0.3, -0.25) is 19.6 Å². The van der Waals surface area contributed by atoms with Crippen LogP contribution in [0.3, 0.4) is 0 Å². The van der Waals surface area contributed by atoms with Crippen LogP contribution < -0.4 is 0 Å². The van der Waals surface area contributed by atoms with Crippen LogP contribution in [0, 0.1) is 64.6 Å². The lowest BCUT2D eigenvalue weighted by atomic mass is 9.48. The summed E-state index contributed by atoms with van der Waals surface area (Å²) in [6.45, 7) is 0. The maximum Gasteiger partial charge on any atom is 0.0101 e. The highest BCUT2D eigenvalue weighted by Crippen LogP contribution is 2.72. The van der Waals surface area contributed by atoms with Gasteiger partial charge in [0.1, 0.15) is 0 Å². The number of rotatable bonds is 16. The zero-order valence-corrected chi connectivity index (χ0v) is 58.8. The van der Waals surface area contributed by atoms with E-state index >= 15 is 0 Å². The predicted molar refractivity (Wildman–Crippen MR) is 376 cm³/mol. The van der Waals surface area contributed by atoms with Gasteiger partial charge in [-0.05, 0) is 321 Å². The molecule has 0 aromatic rings. The summed E-state index contributed by atoms with van der Waals surface area (Å²) in [5.41, 5.74) is 0.680. The Labute approximate surface area is 551 Å². The molecule has 506 valence electrons. The SMILES string of the molecule is C1CCC(N(C2CCCCC2)C2CCC(C3CCC(N(C4CCCCC4)C4CCC(C5(C6CCC(N(C7CCCCC7)C7CCC(C8CCC(N(C9CCCCC9)C9CCCCC9)CC8)CC7)CC6)C6CCCCC6C6CCCCC65)CC4)CC3)CC2)CC1. The Morgan fingerprint density at radius 3 is 0.528 bits per heavy atom. The number of fused-ring (bicyclic) bond motifs is 3. The van der Waals surface area contributed by atoms with Crippen molar-refractivity contribution in [3.63, 3.8) is 0 Å². The molecular weight excluding hydrogens is 1080 g/mol. The molecule has 4 heteroatoms. The second-order valence-corrected chi connectivity index (χ2v) is 36.9. The fourth-order valence-electron chi connectivity index (χ4n) is 29.5. The van der Waals surface area contributed by atoms with Crippen LogP contribution in [0.25, 0.3) is 0 Å². The average Bonchev–Trinajstić information content (AvgIpc) is 1.58. The van der Waals surface area contributed by atoms with Crippen molar-refractivity contribution in [2.75, 3.05) is 0 Å². The molecule has 4 atom stereocenters. The lowest BCUT2D eigenvalue weighted by molar-refractivity contribution is -0.0969. The third-order valence-corrected chi connectivity index (χ3v) is 33.1. The molecule has 0 saturated heterocycles. The zero-order valence-electron chi connectivity index (χ0n) is 58.8. The van der Waals surface area contributed by atoms with Gasteiger partial charge in [0, 0.05) is 72.5 Å². The molecule has 15 saturated carbocycles. The van der Waals surface area contributed by atoms with Gasteiger partial charge >= 0.3 is 0 Å². The Morgan fingerprint density at radius 2 is 0.315 bits per heavy atom. The van der Waals surface area contributed by atoms with Gasteiger partial charge in [-0.25, -0.2) is 0 Å². The van der Waals surface area contributed by atoms with Crippen LogP contribution in [0.5, 0.6) is 0 Å². The lowest BCUT2D eigenvalue weighted by Gasteiger charge is -2.59. The molecule has 15 rings (SSSR count). The molecular formula is C85H146N4. The van der Waals surface area contributed by atoms with Crippen molar-refractivity contribution in [3.8, 4) is 0 Å². The van der Waals surface area contributed by atoms with Crippen molar-refractivity contribution in [1.82, 2.24) is 19.6 Å². The van der Waals surface area contributed by atoms with E-state index < -0.39 is 0 Å². The first-order valence-corrected chi connectivity index (χ1v) is 43.2. The normalized spacial score (nSPS) is 43.1. The summed E-state index contributed by atoms with van der Waals surface area (Å²) in [7, 11) is 0. The Morgan fingerprint density at radius 1 is 0.146 bits per heavy atom. The fourth-order valence-corrected chi connectivity index (χ4v) is 29.5. The third-order valence-electron chi connectivity index (χ3n) is 33.1. The second kappa shape index (κ2) is 31.1. The topological polar surface area (TPSA) is 13.0 Å². The summed E-state index contributed by atoms with van der Waals surface area (Å²) in [6, 6.07) is 10.9. The summed E-state index contributed by atoms with van der Waals surface area (Å²) in [6.07, 6.45) is 96.0. The Hall–Kier alpha value is -0.160. The fraction of sp³-hybridized carbons (Fsp3) is 1.00. The first kappa shape index (κ1) is 64.8. The molecule has 15 aliphatic rings. The minimum Gasteiger partial charge on any atom is -0.294 e. The Bertz CT molecular complexity index is 1850. The molecule has 0 spiro atoms. The van der Waals surface area contributed by atoms with Crippen LogP contribution in [0.1, 0.15) is 398 Å². The standard InChI is InChI=1S/C85H146N4/c1-7-23-69(24-8-1)86(70-25-9-2-10-26-70)75-51-39-63(40-52-75)65-43-55-77(56-44-65)88(73-31-15-5-16-32-73)79-59-47-67(48-60-79)85(83-37-21-19-35-81(83)82-36-20-22-38-84(82)85)68-49-61-80(62-50-68)89(74-33-17-6-18-34-74)78-57-45-66(46-58-78)64-41-53-76(54-42-64)87(71-27-11-3-12-28-71)72-29-13-4-14-30-72/h63-84H,1-62H2. The molecule has 0 N–H and O–H groups in total. The van der Waals surface area contributed by atoms with Crippen molar-refractivity contribution >= 4 is 0 Å². The van der Waals surface area contributed by atoms with E-state index in [4.69, 9.17) is 0 Å². The zero-order chi connectivity index (χ0) is 59.4. The highest BCUT2D eigenvalue weighted by atomic mass is 15.2. The molecule has 4 unspecified atom stereocenters. The summed E-state index contributed by atoms with van der Waals surface area (Å²) in [5.74, 6) is 10.6. The van der Waals surface area contributed by atoms with Crippen molar-refractivity contribution in [1.29, 1.82) is 0 Å². The van der Waals surface area contributed by atoms with E-state index in [9.17, 15) is 0 Å². The van der Waals surface area contributed by atoms with E-state index in [0.717, 1.165) is 132 Å². The van der Waals surface area contributed by atoms with Crippen molar-refractivity contribution in [2.24, 2.45) is 64.6 Å². The maximum atomic E-state index is 3.43. The number of hydrogen-bond donors (Lipinski definition) is 0.